The molecule has 1 aromatic heterocycles. The van der Waals surface area contributed by atoms with Crippen LogP contribution < -0.4 is 5.32 Å². The third-order valence-electron chi connectivity index (χ3n) is 4.83. The van der Waals surface area contributed by atoms with E-state index in [9.17, 15) is 4.79 Å². The highest BCUT2D eigenvalue weighted by Gasteiger charge is 2.29. The van der Waals surface area contributed by atoms with Crippen molar-refractivity contribution in [3.05, 3.63) is 17.7 Å². The predicted octanol–water partition coefficient (Wildman–Crippen LogP) is 4.12. The lowest BCUT2D eigenvalue weighted by Gasteiger charge is -2.33. The number of amides is 1. The second-order valence-corrected chi connectivity index (χ2v) is 9.22. The summed E-state index contributed by atoms with van der Waals surface area (Å²) < 4.78 is 7.83. The van der Waals surface area contributed by atoms with Gasteiger partial charge in [0.05, 0.1) is 5.69 Å². The lowest BCUT2D eigenvalue weighted by atomic mass is 9.96. The van der Waals surface area contributed by atoms with Crippen LogP contribution in [0.3, 0.4) is 0 Å². The number of aromatic nitrogens is 2. The SMILES string of the molecule is CC(C)NCCn1cc(C(C)C)nc1C1CCN(C(=O)OC(C)(C)C)CC1. The van der Waals surface area contributed by atoms with Crippen LogP contribution in [-0.4, -0.2) is 51.8 Å². The first-order chi connectivity index (χ1) is 12.6. The summed E-state index contributed by atoms with van der Waals surface area (Å²) in [6.07, 6.45) is 3.88. The average molecular weight is 379 g/mol. The van der Waals surface area contributed by atoms with Crippen molar-refractivity contribution in [3.63, 3.8) is 0 Å². The highest BCUT2D eigenvalue weighted by Crippen LogP contribution is 2.29. The van der Waals surface area contributed by atoms with Crippen molar-refractivity contribution in [2.75, 3.05) is 19.6 Å². The average Bonchev–Trinajstić information content (AvgIpc) is 2.97. The van der Waals surface area contributed by atoms with Crippen molar-refractivity contribution in [3.8, 4) is 0 Å². The number of hydrogen-bond acceptors (Lipinski definition) is 4. The Balaban J connectivity index is 2.02. The van der Waals surface area contributed by atoms with Crippen molar-refractivity contribution in [1.82, 2.24) is 19.8 Å². The maximum atomic E-state index is 12.3. The predicted molar refractivity (Wildman–Crippen MR) is 109 cm³/mol. The Morgan fingerprint density at radius 2 is 1.89 bits per heavy atom. The van der Waals surface area contributed by atoms with Crippen molar-refractivity contribution >= 4 is 6.09 Å². The van der Waals surface area contributed by atoms with Crippen LogP contribution in [0.4, 0.5) is 4.79 Å². The fourth-order valence-corrected chi connectivity index (χ4v) is 3.35. The van der Waals surface area contributed by atoms with Gasteiger partial charge in [-0.2, -0.15) is 0 Å². The molecule has 0 bridgehead atoms. The van der Waals surface area contributed by atoms with Crippen LogP contribution in [0.25, 0.3) is 0 Å². The van der Waals surface area contributed by atoms with Crippen LogP contribution >= 0.6 is 0 Å². The van der Waals surface area contributed by atoms with Crippen LogP contribution in [0.1, 0.15) is 84.7 Å². The van der Waals surface area contributed by atoms with E-state index < -0.39 is 5.60 Å². The Kier molecular flexibility index (Phi) is 7.32. The van der Waals surface area contributed by atoms with Crippen molar-refractivity contribution in [2.45, 2.75) is 91.3 Å². The molecular weight excluding hydrogens is 340 g/mol. The van der Waals surface area contributed by atoms with Gasteiger partial charge in [0, 0.05) is 44.3 Å². The second-order valence-electron chi connectivity index (χ2n) is 9.22. The quantitative estimate of drug-likeness (QED) is 0.809. The molecule has 2 heterocycles. The summed E-state index contributed by atoms with van der Waals surface area (Å²) in [5.41, 5.74) is 0.712. The summed E-state index contributed by atoms with van der Waals surface area (Å²) in [6, 6.07) is 0.485. The minimum atomic E-state index is -0.445. The topological polar surface area (TPSA) is 59.4 Å². The summed E-state index contributed by atoms with van der Waals surface area (Å²) in [5.74, 6) is 1.99. The number of imidazole rings is 1. The fourth-order valence-electron chi connectivity index (χ4n) is 3.35. The molecule has 6 heteroatoms. The third-order valence-corrected chi connectivity index (χ3v) is 4.83. The molecule has 1 N–H and O–H groups in total. The molecule has 1 saturated heterocycles. The molecule has 27 heavy (non-hydrogen) atoms. The lowest BCUT2D eigenvalue weighted by molar-refractivity contribution is 0.0202. The molecule has 0 radical (unpaired) electrons. The monoisotopic (exact) mass is 378 g/mol. The van der Waals surface area contributed by atoms with Crippen LogP contribution in [0, 0.1) is 0 Å². The van der Waals surface area contributed by atoms with Crippen LogP contribution in [0.5, 0.6) is 0 Å². The highest BCUT2D eigenvalue weighted by molar-refractivity contribution is 5.68. The number of likely N-dealkylation sites (tertiary alicyclic amines) is 1. The Hall–Kier alpha value is -1.56. The summed E-state index contributed by atoms with van der Waals surface area (Å²) in [5, 5.41) is 3.49. The van der Waals surface area contributed by atoms with E-state index in [2.05, 4.69) is 43.8 Å². The van der Waals surface area contributed by atoms with E-state index in [1.807, 2.05) is 25.7 Å². The van der Waals surface area contributed by atoms with Crippen LogP contribution in [0.2, 0.25) is 0 Å². The Morgan fingerprint density at radius 1 is 1.26 bits per heavy atom. The molecule has 1 fully saturated rings. The molecule has 1 aliphatic heterocycles. The highest BCUT2D eigenvalue weighted by atomic mass is 16.6. The number of piperidine rings is 1. The molecule has 1 aromatic rings. The Labute approximate surface area is 164 Å². The number of nitrogens with zero attached hydrogens (tertiary/aromatic N) is 3. The van der Waals surface area contributed by atoms with Gasteiger partial charge in [0.15, 0.2) is 0 Å². The summed E-state index contributed by atoms with van der Waals surface area (Å²) >= 11 is 0. The van der Waals surface area contributed by atoms with E-state index in [4.69, 9.17) is 9.72 Å². The number of ether oxygens (including phenoxy) is 1. The Bertz CT molecular complexity index is 608. The lowest BCUT2D eigenvalue weighted by Crippen LogP contribution is -2.41. The zero-order valence-electron chi connectivity index (χ0n) is 18.2. The molecule has 0 saturated carbocycles. The molecule has 6 nitrogen and oxygen atoms in total. The minimum Gasteiger partial charge on any atom is -0.444 e. The fraction of sp³-hybridized carbons (Fsp3) is 0.810. The number of carbonyl (C=O) groups excluding carboxylic acids is 1. The normalized spacial score (nSPS) is 16.4. The summed E-state index contributed by atoms with van der Waals surface area (Å²) in [7, 11) is 0. The first kappa shape index (κ1) is 21.7. The van der Waals surface area contributed by atoms with E-state index in [0.29, 0.717) is 17.9 Å². The molecule has 1 aliphatic rings. The van der Waals surface area contributed by atoms with Crippen molar-refractivity contribution in [1.29, 1.82) is 0 Å². The third kappa shape index (κ3) is 6.52. The van der Waals surface area contributed by atoms with E-state index >= 15 is 0 Å². The van der Waals surface area contributed by atoms with Gasteiger partial charge in [-0.05, 0) is 39.5 Å². The molecule has 0 spiro atoms. The van der Waals surface area contributed by atoms with Crippen molar-refractivity contribution < 1.29 is 9.53 Å². The second kappa shape index (κ2) is 9.09. The van der Waals surface area contributed by atoms with Gasteiger partial charge in [0.1, 0.15) is 11.4 Å². The first-order valence-electron chi connectivity index (χ1n) is 10.3. The van der Waals surface area contributed by atoms with Gasteiger partial charge in [0.25, 0.3) is 0 Å². The van der Waals surface area contributed by atoms with Gasteiger partial charge in [0.2, 0.25) is 0 Å². The van der Waals surface area contributed by atoms with Crippen LogP contribution in [0.15, 0.2) is 6.20 Å². The van der Waals surface area contributed by atoms with E-state index in [1.54, 1.807) is 0 Å². The molecule has 154 valence electrons. The molecule has 1 amide bonds. The Morgan fingerprint density at radius 3 is 2.41 bits per heavy atom. The van der Waals surface area contributed by atoms with Crippen LogP contribution in [-0.2, 0) is 11.3 Å². The van der Waals surface area contributed by atoms with Gasteiger partial charge in [-0.3, -0.25) is 0 Å². The van der Waals surface area contributed by atoms with E-state index in [0.717, 1.165) is 44.7 Å². The first-order valence-corrected chi connectivity index (χ1v) is 10.3. The summed E-state index contributed by atoms with van der Waals surface area (Å²) in [4.78, 5) is 19.1. The van der Waals surface area contributed by atoms with E-state index in [1.165, 1.54) is 5.82 Å². The number of hydrogen-bond donors (Lipinski definition) is 1. The molecule has 0 atom stereocenters. The zero-order chi connectivity index (χ0) is 20.2. The number of rotatable bonds is 6. The van der Waals surface area contributed by atoms with Gasteiger partial charge < -0.3 is 19.5 Å². The van der Waals surface area contributed by atoms with E-state index in [-0.39, 0.29) is 6.09 Å². The summed E-state index contributed by atoms with van der Waals surface area (Å²) in [6.45, 7) is 17.8. The smallest absolute Gasteiger partial charge is 0.410 e. The van der Waals surface area contributed by atoms with Gasteiger partial charge >= 0.3 is 6.09 Å². The van der Waals surface area contributed by atoms with Gasteiger partial charge in [-0.15, -0.1) is 0 Å². The van der Waals surface area contributed by atoms with Gasteiger partial charge in [-0.25, -0.2) is 9.78 Å². The standard InChI is InChI=1S/C21H38N4O2/c1-15(2)18-14-25(13-10-22-16(3)4)19(23-18)17-8-11-24(12-9-17)20(26)27-21(5,6)7/h14-17,22H,8-13H2,1-7H3. The molecule has 0 unspecified atom stereocenters. The molecular formula is C21H38N4O2. The van der Waals surface area contributed by atoms with Crippen molar-refractivity contribution in [2.24, 2.45) is 0 Å². The number of carbonyl (C=O) groups is 1. The minimum absolute atomic E-state index is 0.201. The largest absolute Gasteiger partial charge is 0.444 e. The molecule has 0 aromatic carbocycles. The maximum Gasteiger partial charge on any atom is 0.410 e. The van der Waals surface area contributed by atoms with Gasteiger partial charge in [-0.1, -0.05) is 27.7 Å². The zero-order valence-corrected chi connectivity index (χ0v) is 18.2. The molecule has 0 aliphatic carbocycles. The number of nitrogens with one attached hydrogen (secondary N) is 1. The maximum absolute atomic E-state index is 12.3. The molecule has 2 rings (SSSR count).